The van der Waals surface area contributed by atoms with E-state index in [1.807, 2.05) is 0 Å². The molecule has 2 aromatic rings. The van der Waals surface area contributed by atoms with E-state index in [1.54, 1.807) is 13.0 Å². The Balaban J connectivity index is 2.21. The summed E-state index contributed by atoms with van der Waals surface area (Å²) in [6.45, 7) is 1.89. The average Bonchev–Trinajstić information content (AvgIpc) is 2.81. The van der Waals surface area contributed by atoms with Crippen molar-refractivity contribution < 1.29 is 18.6 Å². The van der Waals surface area contributed by atoms with Crippen molar-refractivity contribution in [3.63, 3.8) is 0 Å². The summed E-state index contributed by atoms with van der Waals surface area (Å²) < 4.78 is 23.3. The lowest BCUT2D eigenvalue weighted by atomic mass is 10.3. The fourth-order valence-electron chi connectivity index (χ4n) is 1.49. The molecular weight excluding hydrogens is 308 g/mol. The van der Waals surface area contributed by atoms with Gasteiger partial charge in [-0.05, 0) is 19.1 Å². The number of sulfonamides is 1. The maximum Gasteiger partial charge on any atom is 0.247 e. The maximum atomic E-state index is 11.2. The third-order valence-corrected chi connectivity index (χ3v) is 6.23. The summed E-state index contributed by atoms with van der Waals surface area (Å²) in [5.41, 5.74) is 0. The van der Waals surface area contributed by atoms with Crippen LogP contribution in [0.25, 0.3) is 9.40 Å². The van der Waals surface area contributed by atoms with Crippen LogP contribution in [0.3, 0.4) is 0 Å². The molecule has 0 spiro atoms. The Bertz CT molecular complexity index is 643. The first-order valence-electron chi connectivity index (χ1n) is 5.43. The third-order valence-electron chi connectivity index (χ3n) is 2.37. The second-order valence-electron chi connectivity index (χ2n) is 4.16. The molecule has 9 heteroatoms. The third kappa shape index (κ3) is 3.51. The molecule has 2 unspecified atom stereocenters. The van der Waals surface area contributed by atoms with Crippen LogP contribution in [-0.2, 0) is 10.0 Å². The van der Waals surface area contributed by atoms with Gasteiger partial charge in [0.2, 0.25) is 10.0 Å². The van der Waals surface area contributed by atoms with Gasteiger partial charge in [0.15, 0.2) is 0 Å². The first-order chi connectivity index (χ1) is 8.77. The molecule has 2 atom stereocenters. The van der Waals surface area contributed by atoms with E-state index in [-0.39, 0.29) is 10.8 Å². The van der Waals surface area contributed by atoms with Crippen LogP contribution in [0.4, 0.5) is 0 Å². The predicted molar refractivity (Wildman–Crippen MR) is 75.7 cm³/mol. The van der Waals surface area contributed by atoms with E-state index in [9.17, 15) is 13.5 Å². The molecular formula is C10H14N2O4S3. The van der Waals surface area contributed by atoms with Crippen LogP contribution in [0.2, 0.25) is 0 Å². The van der Waals surface area contributed by atoms with Gasteiger partial charge in [-0.15, -0.1) is 22.7 Å². The van der Waals surface area contributed by atoms with Crippen molar-refractivity contribution in [2.75, 3.05) is 6.54 Å². The number of fused-ring (bicyclic) bond motifs is 1. The monoisotopic (exact) mass is 322 g/mol. The molecule has 19 heavy (non-hydrogen) atoms. The highest BCUT2D eigenvalue weighted by Gasteiger charge is 2.17. The fraction of sp³-hybridized carbons (Fsp3) is 0.400. The van der Waals surface area contributed by atoms with Crippen LogP contribution >= 0.6 is 22.7 Å². The number of primary sulfonamides is 1. The first-order valence-corrected chi connectivity index (χ1v) is 8.61. The standard InChI is InChI=1S/C10H14N2O4S3/c1-5(13)4-12-9(14)7-2-6-3-8(19(11,15)16)18-10(6)17-7/h2-3,5,9,12-14H,4H2,1H3,(H2,11,15,16). The maximum absolute atomic E-state index is 11.2. The Hall–Kier alpha value is -0.550. The van der Waals surface area contributed by atoms with Crippen molar-refractivity contribution in [3.8, 4) is 0 Å². The lowest BCUT2D eigenvalue weighted by molar-refractivity contribution is 0.111. The van der Waals surface area contributed by atoms with Crippen molar-refractivity contribution in [2.45, 2.75) is 23.5 Å². The molecule has 0 aliphatic carbocycles. The van der Waals surface area contributed by atoms with Gasteiger partial charge in [-0.1, -0.05) is 0 Å². The molecule has 6 nitrogen and oxygen atoms in total. The van der Waals surface area contributed by atoms with Crippen molar-refractivity contribution in [2.24, 2.45) is 5.14 Å². The van der Waals surface area contributed by atoms with E-state index in [1.165, 1.54) is 17.4 Å². The van der Waals surface area contributed by atoms with E-state index in [2.05, 4.69) is 5.32 Å². The van der Waals surface area contributed by atoms with Gasteiger partial charge in [0.25, 0.3) is 0 Å². The van der Waals surface area contributed by atoms with Gasteiger partial charge in [0, 0.05) is 16.8 Å². The number of aliphatic hydroxyl groups excluding tert-OH is 2. The number of hydrogen-bond donors (Lipinski definition) is 4. The fourth-order valence-corrected chi connectivity index (χ4v) is 4.82. The summed E-state index contributed by atoms with van der Waals surface area (Å²) in [6.07, 6.45) is -1.43. The van der Waals surface area contributed by atoms with Gasteiger partial charge < -0.3 is 10.2 Å². The molecule has 0 saturated carbocycles. The normalized spacial score (nSPS) is 15.8. The minimum Gasteiger partial charge on any atom is -0.392 e. The summed E-state index contributed by atoms with van der Waals surface area (Å²) in [4.78, 5) is 0.669. The summed E-state index contributed by atoms with van der Waals surface area (Å²) in [6, 6.07) is 3.21. The SMILES string of the molecule is CC(O)CNC(O)c1cc2cc(S(N)(=O)=O)sc2s1. The molecule has 2 heterocycles. The summed E-state index contributed by atoms with van der Waals surface area (Å²) in [5.74, 6) is 0. The molecule has 106 valence electrons. The molecule has 0 saturated heterocycles. The smallest absolute Gasteiger partial charge is 0.247 e. The highest BCUT2D eigenvalue weighted by Crippen LogP contribution is 2.36. The minimum atomic E-state index is -3.68. The van der Waals surface area contributed by atoms with Crippen LogP contribution in [0.15, 0.2) is 16.3 Å². The van der Waals surface area contributed by atoms with Crippen LogP contribution in [0.5, 0.6) is 0 Å². The van der Waals surface area contributed by atoms with Gasteiger partial charge in [-0.25, -0.2) is 13.6 Å². The Morgan fingerprint density at radius 1 is 1.37 bits per heavy atom. The van der Waals surface area contributed by atoms with Crippen LogP contribution < -0.4 is 10.5 Å². The number of rotatable bonds is 5. The Kier molecular flexibility index (Phi) is 4.26. The van der Waals surface area contributed by atoms with E-state index in [4.69, 9.17) is 10.2 Å². The molecule has 2 aromatic heterocycles. The van der Waals surface area contributed by atoms with Crippen molar-refractivity contribution in [1.29, 1.82) is 0 Å². The molecule has 0 radical (unpaired) electrons. The van der Waals surface area contributed by atoms with Gasteiger partial charge in [0.1, 0.15) is 10.4 Å². The Labute approximate surface area is 118 Å². The molecule has 0 bridgehead atoms. The largest absolute Gasteiger partial charge is 0.392 e. The van der Waals surface area contributed by atoms with E-state index in [0.717, 1.165) is 20.7 Å². The predicted octanol–water partition coefficient (Wildman–Crippen LogP) is 0.572. The van der Waals surface area contributed by atoms with Crippen LogP contribution in [0.1, 0.15) is 18.0 Å². The molecule has 0 aromatic carbocycles. The number of aliphatic hydroxyl groups is 2. The highest BCUT2D eigenvalue weighted by atomic mass is 32.2. The van der Waals surface area contributed by atoms with Crippen molar-refractivity contribution in [3.05, 3.63) is 17.0 Å². The second kappa shape index (κ2) is 5.44. The summed E-state index contributed by atoms with van der Waals surface area (Å²) in [7, 11) is -3.68. The topological polar surface area (TPSA) is 113 Å². The molecule has 2 rings (SSSR count). The number of nitrogens with one attached hydrogen (secondary N) is 1. The molecule has 0 aliphatic heterocycles. The van der Waals surface area contributed by atoms with Gasteiger partial charge >= 0.3 is 0 Å². The lowest BCUT2D eigenvalue weighted by Crippen LogP contribution is -2.28. The van der Waals surface area contributed by atoms with Crippen LogP contribution in [0, 0.1) is 0 Å². The van der Waals surface area contributed by atoms with E-state index in [0.29, 0.717) is 4.88 Å². The van der Waals surface area contributed by atoms with Crippen molar-refractivity contribution in [1.82, 2.24) is 5.32 Å². The lowest BCUT2D eigenvalue weighted by Gasteiger charge is -2.12. The molecule has 0 amide bonds. The summed E-state index contributed by atoms with van der Waals surface area (Å²) in [5, 5.41) is 27.6. The van der Waals surface area contributed by atoms with Crippen molar-refractivity contribution >= 4 is 42.1 Å². The van der Waals surface area contributed by atoms with Gasteiger partial charge in [-0.2, -0.15) is 0 Å². The zero-order chi connectivity index (χ0) is 14.2. The summed E-state index contributed by atoms with van der Waals surface area (Å²) >= 11 is 2.38. The molecule has 5 N–H and O–H groups in total. The van der Waals surface area contributed by atoms with Gasteiger partial charge in [0.05, 0.1) is 10.1 Å². The Morgan fingerprint density at radius 2 is 2.05 bits per heavy atom. The number of thiophene rings is 2. The average molecular weight is 322 g/mol. The molecule has 0 aliphatic rings. The van der Waals surface area contributed by atoms with Crippen LogP contribution in [-0.4, -0.2) is 31.3 Å². The Morgan fingerprint density at radius 3 is 2.58 bits per heavy atom. The molecule has 0 fully saturated rings. The zero-order valence-electron chi connectivity index (χ0n) is 10.0. The number of hydrogen-bond acceptors (Lipinski definition) is 7. The van der Waals surface area contributed by atoms with E-state index >= 15 is 0 Å². The first kappa shape index (κ1) is 14.9. The minimum absolute atomic E-state index is 0.117. The number of nitrogens with two attached hydrogens (primary N) is 1. The van der Waals surface area contributed by atoms with E-state index < -0.39 is 22.4 Å². The quantitative estimate of drug-likeness (QED) is 0.601. The second-order valence-corrected chi connectivity index (χ2v) is 8.34. The van der Waals surface area contributed by atoms with Gasteiger partial charge in [-0.3, -0.25) is 5.32 Å². The zero-order valence-corrected chi connectivity index (χ0v) is 12.5. The highest BCUT2D eigenvalue weighted by molar-refractivity contribution is 7.91.